The van der Waals surface area contributed by atoms with E-state index in [1.165, 1.54) is 12.3 Å². The molecule has 16 heavy (non-hydrogen) atoms. The van der Waals surface area contributed by atoms with Crippen molar-refractivity contribution in [3.8, 4) is 0 Å². The summed E-state index contributed by atoms with van der Waals surface area (Å²) in [5.41, 5.74) is 0. The van der Waals surface area contributed by atoms with Gasteiger partial charge in [-0.05, 0) is 0 Å². The molecule has 2 aromatic rings. The molecule has 0 atom stereocenters. The Hall–Kier alpha value is -0.621. The van der Waals surface area contributed by atoms with Crippen molar-refractivity contribution in [2.24, 2.45) is 0 Å². The van der Waals surface area contributed by atoms with Crippen LogP contribution in [0.4, 0.5) is 0 Å². The van der Waals surface area contributed by atoms with Crippen molar-refractivity contribution in [3.63, 3.8) is 0 Å². The molecular weight excluding hydrogens is 286 g/mol. The Morgan fingerprint density at radius 3 is 1.81 bits per heavy atom. The minimum atomic E-state index is -0.0351. The van der Waals surface area contributed by atoms with Gasteiger partial charge in [-0.2, -0.15) is 0 Å². The Labute approximate surface area is 104 Å². The number of aryl methyl sites for hydroxylation is 2. The summed E-state index contributed by atoms with van der Waals surface area (Å²) in [5, 5.41) is 0. The average Bonchev–Trinajstić information content (AvgIpc) is 2.96. The van der Waals surface area contributed by atoms with Gasteiger partial charge in [-0.3, -0.25) is 0 Å². The molecule has 0 aromatic carbocycles. The number of hydrogen-bond acceptors (Lipinski definition) is 2. The summed E-state index contributed by atoms with van der Waals surface area (Å²) in [7, 11) is 0. The van der Waals surface area contributed by atoms with Crippen LogP contribution in [-0.2, 0) is 12.8 Å². The van der Waals surface area contributed by atoms with E-state index in [0.29, 0.717) is 0 Å². The van der Waals surface area contributed by atoms with E-state index in [1.807, 2.05) is 24.3 Å². The molecule has 0 spiro atoms. The molecule has 4 heteroatoms. The van der Waals surface area contributed by atoms with Gasteiger partial charge in [-0.1, -0.05) is 0 Å². The van der Waals surface area contributed by atoms with Crippen LogP contribution in [0.25, 0.3) is 0 Å². The molecule has 0 aliphatic carbocycles. The van der Waals surface area contributed by atoms with E-state index in [4.69, 9.17) is 8.83 Å². The van der Waals surface area contributed by atoms with Crippen molar-refractivity contribution in [1.82, 2.24) is 0 Å². The molecule has 0 bridgehead atoms. The molecule has 0 unspecified atom stereocenters. The third-order valence-corrected chi connectivity index (χ3v) is 6.12. The SMILES string of the molecule is [Se]=[P+](CCc1ccco1)CCc1ccco1. The topological polar surface area (TPSA) is 26.3 Å². The second kappa shape index (κ2) is 6.20. The Balaban J connectivity index is 1.69. The molecule has 0 saturated carbocycles. The zero-order chi connectivity index (χ0) is 11.2. The summed E-state index contributed by atoms with van der Waals surface area (Å²) in [6.07, 6.45) is 7.87. The molecular formula is C12H14O2PSe+. The van der Waals surface area contributed by atoms with Crippen molar-refractivity contribution < 1.29 is 8.83 Å². The fraction of sp³-hybridized carbons (Fsp3) is 0.333. The summed E-state index contributed by atoms with van der Waals surface area (Å²) in [6, 6.07) is 7.96. The first kappa shape index (κ1) is 11.9. The van der Waals surface area contributed by atoms with Crippen LogP contribution in [0.15, 0.2) is 45.6 Å². The van der Waals surface area contributed by atoms with Crippen LogP contribution in [0.5, 0.6) is 0 Å². The standard InChI is InChI=1S/C12H14O2PSe/c16-15(9-5-11-3-1-7-13-11)10-6-12-4-2-8-14-12/h1-4,7-8H,5-6,9-10H2/q+1. The zero-order valence-electron chi connectivity index (χ0n) is 8.96. The number of hydrogen-bond donors (Lipinski definition) is 0. The van der Waals surface area contributed by atoms with Crippen molar-refractivity contribution >= 4 is 21.3 Å². The van der Waals surface area contributed by atoms with Gasteiger partial charge in [0, 0.05) is 0 Å². The molecule has 2 heterocycles. The fourth-order valence-corrected chi connectivity index (χ4v) is 3.80. The number of rotatable bonds is 6. The Kier molecular flexibility index (Phi) is 4.59. The summed E-state index contributed by atoms with van der Waals surface area (Å²) in [5.74, 6) is 2.17. The van der Waals surface area contributed by atoms with Crippen LogP contribution in [0.2, 0.25) is 0 Å². The molecule has 0 fully saturated rings. The van der Waals surface area contributed by atoms with Crippen molar-refractivity contribution in [1.29, 1.82) is 0 Å². The van der Waals surface area contributed by atoms with Crippen LogP contribution in [-0.4, -0.2) is 27.4 Å². The van der Waals surface area contributed by atoms with Crippen LogP contribution in [0.3, 0.4) is 0 Å². The molecule has 0 saturated heterocycles. The normalized spacial score (nSPS) is 10.5. The average molecular weight is 300 g/mol. The van der Waals surface area contributed by atoms with Crippen LogP contribution in [0.1, 0.15) is 11.5 Å². The summed E-state index contributed by atoms with van der Waals surface area (Å²) in [6.45, 7) is 0. The first-order valence-electron chi connectivity index (χ1n) is 5.31. The molecule has 84 valence electrons. The second-order valence-corrected chi connectivity index (χ2v) is 8.70. The molecule has 0 N–H and O–H groups in total. The van der Waals surface area contributed by atoms with E-state index in [9.17, 15) is 0 Å². The Morgan fingerprint density at radius 2 is 1.44 bits per heavy atom. The van der Waals surface area contributed by atoms with Gasteiger partial charge in [0.25, 0.3) is 0 Å². The molecule has 2 aromatic heterocycles. The van der Waals surface area contributed by atoms with Crippen molar-refractivity contribution in [3.05, 3.63) is 48.3 Å². The van der Waals surface area contributed by atoms with Gasteiger partial charge in [0.1, 0.15) is 0 Å². The molecule has 0 aliphatic heterocycles. The predicted molar refractivity (Wildman–Crippen MR) is 67.2 cm³/mol. The Bertz CT molecular complexity index is 380. The van der Waals surface area contributed by atoms with Gasteiger partial charge >= 0.3 is 104 Å². The van der Waals surface area contributed by atoms with E-state index >= 15 is 0 Å². The summed E-state index contributed by atoms with van der Waals surface area (Å²) in [4.78, 5) is 0. The van der Waals surface area contributed by atoms with E-state index in [-0.39, 0.29) is 6.17 Å². The van der Waals surface area contributed by atoms with Gasteiger partial charge in [-0.25, -0.2) is 0 Å². The molecule has 0 radical (unpaired) electrons. The second-order valence-electron chi connectivity index (χ2n) is 3.59. The van der Waals surface area contributed by atoms with E-state index in [0.717, 1.165) is 24.4 Å². The van der Waals surface area contributed by atoms with Crippen molar-refractivity contribution in [2.45, 2.75) is 12.8 Å². The van der Waals surface area contributed by atoms with E-state index in [1.54, 1.807) is 12.5 Å². The third kappa shape index (κ3) is 3.75. The van der Waals surface area contributed by atoms with E-state index < -0.39 is 0 Å². The molecule has 0 aliphatic rings. The van der Waals surface area contributed by atoms with Crippen molar-refractivity contribution in [2.75, 3.05) is 12.3 Å². The summed E-state index contributed by atoms with van der Waals surface area (Å²) < 4.78 is 10.6. The molecule has 2 nitrogen and oxygen atoms in total. The third-order valence-electron chi connectivity index (χ3n) is 2.38. The molecule has 2 rings (SSSR count). The van der Waals surface area contributed by atoms with Crippen LogP contribution in [0, 0.1) is 0 Å². The molecule has 0 amide bonds. The van der Waals surface area contributed by atoms with Gasteiger partial charge in [0.15, 0.2) is 0 Å². The maximum absolute atomic E-state index is 5.31. The first-order chi connectivity index (χ1) is 7.84. The van der Waals surface area contributed by atoms with E-state index in [2.05, 4.69) is 15.1 Å². The van der Waals surface area contributed by atoms with Crippen LogP contribution < -0.4 is 0 Å². The van der Waals surface area contributed by atoms with Crippen LogP contribution >= 0.6 is 6.17 Å². The van der Waals surface area contributed by atoms with Gasteiger partial charge in [0.05, 0.1) is 0 Å². The van der Waals surface area contributed by atoms with Gasteiger partial charge < -0.3 is 0 Å². The Morgan fingerprint density at radius 1 is 0.938 bits per heavy atom. The first-order valence-corrected chi connectivity index (χ1v) is 9.24. The zero-order valence-corrected chi connectivity index (χ0v) is 11.6. The minimum absolute atomic E-state index is 0.0351. The van der Waals surface area contributed by atoms with Gasteiger partial charge in [0.2, 0.25) is 0 Å². The summed E-state index contributed by atoms with van der Waals surface area (Å²) >= 11 is 3.28. The predicted octanol–water partition coefficient (Wildman–Crippen LogP) is 3.22. The fourth-order valence-electron chi connectivity index (χ4n) is 1.49. The quantitative estimate of drug-likeness (QED) is 0.605. The van der Waals surface area contributed by atoms with Gasteiger partial charge in [-0.15, -0.1) is 0 Å². The monoisotopic (exact) mass is 301 g/mol. The maximum atomic E-state index is 5.31. The number of furan rings is 2.